The van der Waals surface area contributed by atoms with Crippen molar-refractivity contribution in [3.63, 3.8) is 0 Å². The molecular formula is C20H15FN2O4. The van der Waals surface area contributed by atoms with Crippen molar-refractivity contribution in [1.82, 2.24) is 4.98 Å². The number of aromatic nitrogens is 1. The van der Waals surface area contributed by atoms with E-state index in [0.717, 1.165) is 23.7 Å². The maximum absolute atomic E-state index is 13.4. The number of nitro groups is 1. The second-order valence-electron chi connectivity index (χ2n) is 6.25. The lowest BCUT2D eigenvalue weighted by molar-refractivity contribution is -0.385. The normalized spacial score (nSPS) is 15.5. The van der Waals surface area contributed by atoms with Crippen LogP contribution in [0.3, 0.4) is 0 Å². The second-order valence-corrected chi connectivity index (χ2v) is 6.25. The van der Waals surface area contributed by atoms with Gasteiger partial charge in [0, 0.05) is 24.1 Å². The van der Waals surface area contributed by atoms with Crippen molar-refractivity contribution in [1.29, 1.82) is 0 Å². The standard InChI is InChI=1S/C20H15FN2O4/c21-16-3-1-2-13(9-16)15-8-14-4-6-18(10-19(14)26-12-15)27-20-7-5-17(11-22-20)23(24)25/h1-7,9-11,15H,8,12H2. The summed E-state index contributed by atoms with van der Waals surface area (Å²) in [7, 11) is 0. The van der Waals surface area contributed by atoms with Gasteiger partial charge in [-0.1, -0.05) is 18.2 Å². The van der Waals surface area contributed by atoms with Gasteiger partial charge in [0.25, 0.3) is 5.69 Å². The number of hydrogen-bond donors (Lipinski definition) is 0. The maximum Gasteiger partial charge on any atom is 0.287 e. The van der Waals surface area contributed by atoms with Crippen molar-refractivity contribution >= 4 is 5.69 Å². The van der Waals surface area contributed by atoms with Gasteiger partial charge in [0.05, 0.1) is 11.5 Å². The van der Waals surface area contributed by atoms with E-state index in [1.807, 2.05) is 12.1 Å². The van der Waals surface area contributed by atoms with Gasteiger partial charge in [-0.15, -0.1) is 0 Å². The first kappa shape index (κ1) is 17.0. The second kappa shape index (κ2) is 7.03. The molecule has 27 heavy (non-hydrogen) atoms. The Labute approximate surface area is 154 Å². The summed E-state index contributed by atoms with van der Waals surface area (Å²) in [6.45, 7) is 0.454. The van der Waals surface area contributed by atoms with E-state index < -0.39 is 4.92 Å². The lowest BCUT2D eigenvalue weighted by Crippen LogP contribution is -2.19. The molecule has 1 unspecified atom stereocenters. The summed E-state index contributed by atoms with van der Waals surface area (Å²) in [5.41, 5.74) is 1.83. The lowest BCUT2D eigenvalue weighted by Gasteiger charge is -2.26. The number of rotatable bonds is 4. The topological polar surface area (TPSA) is 74.5 Å². The third-order valence-corrected chi connectivity index (χ3v) is 4.42. The monoisotopic (exact) mass is 366 g/mol. The molecular weight excluding hydrogens is 351 g/mol. The Kier molecular flexibility index (Phi) is 4.42. The highest BCUT2D eigenvalue weighted by Gasteiger charge is 2.22. The molecule has 1 aromatic heterocycles. The Bertz CT molecular complexity index is 992. The molecule has 1 aliphatic heterocycles. The number of fused-ring (bicyclic) bond motifs is 1. The molecule has 0 aliphatic carbocycles. The van der Waals surface area contributed by atoms with Crippen LogP contribution in [0.15, 0.2) is 60.8 Å². The first-order chi connectivity index (χ1) is 13.1. The summed E-state index contributed by atoms with van der Waals surface area (Å²) in [4.78, 5) is 14.1. The minimum atomic E-state index is -0.515. The van der Waals surface area contributed by atoms with Crippen LogP contribution in [-0.2, 0) is 6.42 Å². The molecule has 1 aliphatic rings. The molecule has 7 heteroatoms. The molecule has 0 radical (unpaired) electrons. The van der Waals surface area contributed by atoms with Gasteiger partial charge in [0.15, 0.2) is 0 Å². The zero-order chi connectivity index (χ0) is 18.8. The molecule has 3 aromatic rings. The van der Waals surface area contributed by atoms with Crippen LogP contribution in [0.2, 0.25) is 0 Å². The van der Waals surface area contributed by atoms with E-state index in [0.29, 0.717) is 18.1 Å². The molecule has 2 heterocycles. The van der Waals surface area contributed by atoms with Crippen LogP contribution in [0.1, 0.15) is 17.0 Å². The van der Waals surface area contributed by atoms with E-state index in [2.05, 4.69) is 4.98 Å². The smallest absolute Gasteiger partial charge is 0.287 e. The third-order valence-electron chi connectivity index (χ3n) is 4.42. The Morgan fingerprint density at radius 2 is 2.07 bits per heavy atom. The van der Waals surface area contributed by atoms with Gasteiger partial charge in [-0.2, -0.15) is 0 Å². The average molecular weight is 366 g/mol. The largest absolute Gasteiger partial charge is 0.493 e. The highest BCUT2D eigenvalue weighted by Crippen LogP contribution is 2.36. The summed E-state index contributed by atoms with van der Waals surface area (Å²) >= 11 is 0. The van der Waals surface area contributed by atoms with E-state index in [9.17, 15) is 14.5 Å². The van der Waals surface area contributed by atoms with E-state index in [1.165, 1.54) is 24.3 Å². The molecule has 4 rings (SSSR count). The van der Waals surface area contributed by atoms with Crippen molar-refractivity contribution in [2.24, 2.45) is 0 Å². The number of halogens is 1. The molecule has 2 aromatic carbocycles. The molecule has 0 saturated heterocycles. The molecule has 0 amide bonds. The van der Waals surface area contributed by atoms with Gasteiger partial charge in [-0.25, -0.2) is 9.37 Å². The van der Waals surface area contributed by atoms with Gasteiger partial charge in [-0.05, 0) is 35.7 Å². The zero-order valence-corrected chi connectivity index (χ0v) is 14.2. The molecule has 0 bridgehead atoms. The maximum atomic E-state index is 13.4. The Hall–Kier alpha value is -3.48. The van der Waals surface area contributed by atoms with Crippen LogP contribution < -0.4 is 9.47 Å². The minimum absolute atomic E-state index is 0.0938. The number of hydrogen-bond acceptors (Lipinski definition) is 5. The Morgan fingerprint density at radius 3 is 2.81 bits per heavy atom. The molecule has 0 spiro atoms. The van der Waals surface area contributed by atoms with Gasteiger partial charge >= 0.3 is 0 Å². The molecule has 136 valence electrons. The molecule has 0 fully saturated rings. The fraction of sp³-hybridized carbons (Fsp3) is 0.150. The number of nitrogens with zero attached hydrogens (tertiary/aromatic N) is 2. The average Bonchev–Trinajstić information content (AvgIpc) is 2.68. The SMILES string of the molecule is O=[N+]([O-])c1ccc(Oc2ccc3c(c2)OCC(c2cccc(F)c2)C3)nc1. The van der Waals surface area contributed by atoms with Crippen LogP contribution in [0, 0.1) is 15.9 Å². The van der Waals surface area contributed by atoms with Gasteiger partial charge in [-0.3, -0.25) is 10.1 Å². The van der Waals surface area contributed by atoms with Crippen LogP contribution in [-0.4, -0.2) is 16.5 Å². The lowest BCUT2D eigenvalue weighted by atomic mass is 9.90. The quantitative estimate of drug-likeness (QED) is 0.497. The molecule has 1 atom stereocenters. The van der Waals surface area contributed by atoms with E-state index >= 15 is 0 Å². The van der Waals surface area contributed by atoms with E-state index in [4.69, 9.17) is 9.47 Å². The van der Waals surface area contributed by atoms with E-state index in [1.54, 1.807) is 18.2 Å². The van der Waals surface area contributed by atoms with Crippen molar-refractivity contribution in [2.75, 3.05) is 6.61 Å². The Morgan fingerprint density at radius 1 is 1.19 bits per heavy atom. The van der Waals surface area contributed by atoms with Crippen LogP contribution in [0.5, 0.6) is 17.4 Å². The first-order valence-electron chi connectivity index (χ1n) is 8.38. The summed E-state index contributed by atoms with van der Waals surface area (Å²) < 4.78 is 24.9. The molecule has 0 saturated carbocycles. The van der Waals surface area contributed by atoms with Crippen molar-refractivity contribution in [3.8, 4) is 17.4 Å². The summed E-state index contributed by atoms with van der Waals surface area (Å²) in [6, 6.07) is 14.8. The zero-order valence-electron chi connectivity index (χ0n) is 14.2. The predicted octanol–water partition coefficient (Wildman–Crippen LogP) is 4.64. The van der Waals surface area contributed by atoms with Crippen LogP contribution in [0.25, 0.3) is 0 Å². The fourth-order valence-corrected chi connectivity index (χ4v) is 3.05. The molecule has 6 nitrogen and oxygen atoms in total. The summed E-state index contributed by atoms with van der Waals surface area (Å²) in [5, 5.41) is 10.7. The molecule has 0 N–H and O–H groups in total. The number of ether oxygens (including phenoxy) is 2. The first-order valence-corrected chi connectivity index (χ1v) is 8.38. The van der Waals surface area contributed by atoms with Gasteiger partial charge in [0.1, 0.15) is 23.5 Å². The van der Waals surface area contributed by atoms with Crippen molar-refractivity contribution in [2.45, 2.75) is 12.3 Å². The minimum Gasteiger partial charge on any atom is -0.493 e. The Balaban J connectivity index is 1.49. The highest BCUT2D eigenvalue weighted by molar-refractivity contribution is 5.44. The predicted molar refractivity (Wildman–Crippen MR) is 95.7 cm³/mol. The number of pyridine rings is 1. The van der Waals surface area contributed by atoms with Crippen LogP contribution >= 0.6 is 0 Å². The van der Waals surface area contributed by atoms with Gasteiger partial charge in [0.2, 0.25) is 5.88 Å². The van der Waals surface area contributed by atoms with Gasteiger partial charge < -0.3 is 9.47 Å². The van der Waals surface area contributed by atoms with Crippen molar-refractivity contribution in [3.05, 3.63) is 87.9 Å². The van der Waals surface area contributed by atoms with E-state index in [-0.39, 0.29) is 23.3 Å². The highest BCUT2D eigenvalue weighted by atomic mass is 19.1. The van der Waals surface area contributed by atoms with Crippen LogP contribution in [0.4, 0.5) is 10.1 Å². The third kappa shape index (κ3) is 3.72. The summed E-state index contributed by atoms with van der Waals surface area (Å²) in [5.74, 6) is 1.34. The summed E-state index contributed by atoms with van der Waals surface area (Å²) in [6.07, 6.45) is 1.89. The fourth-order valence-electron chi connectivity index (χ4n) is 3.05. The number of benzene rings is 2. The van der Waals surface area contributed by atoms with Crippen molar-refractivity contribution < 1.29 is 18.8 Å².